The zero-order chi connectivity index (χ0) is 29.3. The molecule has 1 aliphatic heterocycles. The maximum Gasteiger partial charge on any atom is 0.361 e. The molecule has 0 spiro atoms. The lowest BCUT2D eigenvalue weighted by atomic mass is 10.2. The van der Waals surface area contributed by atoms with Crippen LogP contribution in [0.1, 0.15) is 46.9 Å². The first-order chi connectivity index (χ1) is 18.1. The van der Waals surface area contributed by atoms with Gasteiger partial charge in [0.05, 0.1) is 31.6 Å². The number of aryl methyl sites for hydroxylation is 4. The summed E-state index contributed by atoms with van der Waals surface area (Å²) >= 11 is 0. The van der Waals surface area contributed by atoms with Crippen molar-refractivity contribution < 1.29 is 31.1 Å². The first kappa shape index (κ1) is 29.7. The van der Waals surface area contributed by atoms with E-state index in [-0.39, 0.29) is 25.7 Å². The minimum Gasteiger partial charge on any atom is -0.467 e. The van der Waals surface area contributed by atoms with Crippen LogP contribution in [0.25, 0.3) is 5.78 Å². The summed E-state index contributed by atoms with van der Waals surface area (Å²) in [6, 6.07) is 3.88. The van der Waals surface area contributed by atoms with Gasteiger partial charge in [-0.25, -0.2) is 18.7 Å². The predicted octanol–water partition coefficient (Wildman–Crippen LogP) is 3.12. The van der Waals surface area contributed by atoms with Crippen LogP contribution in [0.15, 0.2) is 29.5 Å². The van der Waals surface area contributed by atoms with Crippen LogP contribution in [-0.4, -0.2) is 64.5 Å². The predicted molar refractivity (Wildman–Crippen MR) is 140 cm³/mol. The number of carbonyl (C=O) groups is 1. The third kappa shape index (κ3) is 5.92. The van der Waals surface area contributed by atoms with Crippen LogP contribution < -0.4 is 10.7 Å². The van der Waals surface area contributed by atoms with Crippen molar-refractivity contribution >= 4 is 33.4 Å². The van der Waals surface area contributed by atoms with Crippen LogP contribution in [-0.2, 0) is 21.2 Å². The van der Waals surface area contributed by atoms with Gasteiger partial charge in [-0.1, -0.05) is 13.0 Å². The summed E-state index contributed by atoms with van der Waals surface area (Å²) in [5.74, 6) is -0.482. The van der Waals surface area contributed by atoms with E-state index in [0.717, 1.165) is 18.4 Å². The van der Waals surface area contributed by atoms with E-state index < -0.39 is 33.0 Å². The number of sulfonamides is 1. The van der Waals surface area contributed by atoms with Crippen molar-refractivity contribution in [3.05, 3.63) is 58.4 Å². The first-order valence-electron chi connectivity index (χ1n) is 11.8. The van der Waals surface area contributed by atoms with Gasteiger partial charge in [-0.2, -0.15) is 17.2 Å². The number of alkyl halides is 2. The number of benzene rings is 1. The lowest BCUT2D eigenvalue weighted by Gasteiger charge is -2.33. The van der Waals surface area contributed by atoms with Gasteiger partial charge in [0.25, 0.3) is 5.91 Å². The summed E-state index contributed by atoms with van der Waals surface area (Å²) in [5, 5.41) is 1.01. The van der Waals surface area contributed by atoms with Gasteiger partial charge in [0.1, 0.15) is 11.5 Å². The molecular weight excluding hydrogens is 539 g/mol. The van der Waals surface area contributed by atoms with Gasteiger partial charge >= 0.3 is 21.3 Å². The minimum absolute atomic E-state index is 0.0951. The Hall–Kier alpha value is -3.88. The smallest absolute Gasteiger partial charge is 0.361 e. The molecule has 4 rings (SSSR count). The number of fused-ring (bicyclic) bond motifs is 1. The largest absolute Gasteiger partial charge is 0.467 e. The van der Waals surface area contributed by atoms with Crippen molar-refractivity contribution in [1.29, 1.82) is 0 Å². The second kappa shape index (κ2) is 11.1. The van der Waals surface area contributed by atoms with E-state index in [1.54, 1.807) is 17.4 Å². The number of hydrogen-bond donors (Lipinski definition) is 1. The molecule has 1 amide bonds. The van der Waals surface area contributed by atoms with E-state index in [1.807, 2.05) is 27.0 Å². The number of hydrogen-bond acceptors (Lipinski definition) is 8. The summed E-state index contributed by atoms with van der Waals surface area (Å²) in [5.41, 5.74) is 9.23. The number of amidine groups is 1. The van der Waals surface area contributed by atoms with E-state index in [9.17, 15) is 26.4 Å². The minimum atomic E-state index is -4.96. The third-order valence-corrected chi connectivity index (χ3v) is 7.76. The van der Waals surface area contributed by atoms with Gasteiger partial charge in [-0.05, 0) is 50.5 Å². The number of imidazole rings is 1. The second-order valence-corrected chi connectivity index (χ2v) is 11.0. The Balaban J connectivity index is 0.000000230. The molecule has 0 radical (unpaired) electrons. The van der Waals surface area contributed by atoms with Crippen LogP contribution in [0.5, 0.6) is 0 Å². The summed E-state index contributed by atoms with van der Waals surface area (Å²) in [6.07, 6.45) is 2.52. The zero-order valence-electron chi connectivity index (χ0n) is 22.4. The Morgan fingerprint density at radius 2 is 1.85 bits per heavy atom. The van der Waals surface area contributed by atoms with Crippen molar-refractivity contribution in [1.82, 2.24) is 18.7 Å². The molecule has 11 nitrogen and oxygen atoms in total. The van der Waals surface area contributed by atoms with Gasteiger partial charge in [0, 0.05) is 18.8 Å². The van der Waals surface area contributed by atoms with E-state index in [4.69, 9.17) is 10.5 Å². The number of nitrogens with zero attached hydrogens (tertiary/aromatic N) is 6. The number of carbonyl (C=O) groups excluding carboxylic acids is 1. The number of halogens is 3. The average molecular weight is 570 g/mol. The van der Waals surface area contributed by atoms with Crippen molar-refractivity contribution in [2.24, 2.45) is 10.8 Å². The van der Waals surface area contributed by atoms with E-state index in [2.05, 4.69) is 15.1 Å². The number of nitrogens with two attached hydrogens (primary N) is 1. The average Bonchev–Trinajstić information content (AvgIpc) is 3.21. The molecule has 1 aromatic carbocycles. The van der Waals surface area contributed by atoms with Gasteiger partial charge in [0.2, 0.25) is 5.78 Å². The summed E-state index contributed by atoms with van der Waals surface area (Å²) in [4.78, 5) is 20.0. The van der Waals surface area contributed by atoms with Crippen LogP contribution in [0.2, 0.25) is 0 Å². The van der Waals surface area contributed by atoms with Crippen molar-refractivity contribution in [3.8, 4) is 0 Å². The Morgan fingerprint density at radius 3 is 2.38 bits per heavy atom. The fourth-order valence-corrected chi connectivity index (χ4v) is 4.77. The van der Waals surface area contributed by atoms with Crippen LogP contribution in [0, 0.1) is 26.6 Å². The molecule has 39 heavy (non-hydrogen) atoms. The van der Waals surface area contributed by atoms with Gasteiger partial charge in [0.15, 0.2) is 0 Å². The summed E-state index contributed by atoms with van der Waals surface area (Å²) in [6.45, 7) is 7.35. The van der Waals surface area contributed by atoms with Crippen molar-refractivity contribution in [2.75, 3.05) is 25.2 Å². The van der Waals surface area contributed by atoms with E-state index >= 15 is 0 Å². The topological polar surface area (TPSA) is 135 Å². The number of anilines is 1. The zero-order valence-corrected chi connectivity index (χ0v) is 23.2. The molecule has 1 aliphatic rings. The van der Waals surface area contributed by atoms with Crippen molar-refractivity contribution in [3.63, 3.8) is 0 Å². The van der Waals surface area contributed by atoms with E-state index in [1.165, 1.54) is 17.1 Å². The highest BCUT2D eigenvalue weighted by Gasteiger charge is 2.47. The monoisotopic (exact) mass is 569 g/mol. The highest BCUT2D eigenvalue weighted by atomic mass is 32.2. The quantitative estimate of drug-likeness (QED) is 0.499. The number of amides is 1. The fraction of sp³-hybridized carbons (Fsp3) is 0.417. The maximum atomic E-state index is 14.0. The van der Waals surface area contributed by atoms with Gasteiger partial charge in [-0.3, -0.25) is 14.2 Å². The number of rotatable bonds is 5. The molecule has 15 heteroatoms. The Morgan fingerprint density at radius 1 is 1.18 bits per heavy atom. The number of primary amides is 1. The molecule has 0 saturated carbocycles. The lowest BCUT2D eigenvalue weighted by Crippen LogP contribution is -2.51. The highest BCUT2D eigenvalue weighted by molar-refractivity contribution is 7.90. The molecule has 0 unspecified atom stereocenters. The summed E-state index contributed by atoms with van der Waals surface area (Å²) < 4.78 is 71.2. The Bertz CT molecular complexity index is 1530. The standard InChI is InChI=1S/C13H16F3N3O3S.C11H14N4O/c1-9-4-5-11(10(14)8-9)18-6-7-19(12(17-18)22-3)23(20,21)13(2,15)16;1-4-8-9(10(12)16)15-5-6(2)7(3)13-11(15)14-8/h4-5,8H,6-7H2,1-3H3;5H,4H2,1-3H3,(H2,12,16). The first-order valence-corrected chi connectivity index (χ1v) is 13.3. The molecule has 2 N–H and O–H groups in total. The fourth-order valence-electron chi connectivity index (χ4n) is 3.74. The Kier molecular flexibility index (Phi) is 8.43. The molecule has 212 valence electrons. The highest BCUT2D eigenvalue weighted by Crippen LogP contribution is 2.28. The van der Waals surface area contributed by atoms with Gasteiger partial charge in [-0.15, -0.1) is 5.10 Å². The SMILES string of the molecule is CCc1nc2nc(C)c(C)cn2c1C(N)=O.COC1=NN(c2ccc(C)cc2F)CCN1S(=O)(=O)C(C)(F)F. The lowest BCUT2D eigenvalue weighted by molar-refractivity contribution is 0.0993. The second-order valence-electron chi connectivity index (χ2n) is 8.85. The summed E-state index contributed by atoms with van der Waals surface area (Å²) in [7, 11) is -3.86. The van der Waals surface area contributed by atoms with Gasteiger partial charge < -0.3 is 10.5 Å². The van der Waals surface area contributed by atoms with Crippen LogP contribution in [0.4, 0.5) is 18.9 Å². The normalized spacial score (nSPS) is 14.1. The molecule has 0 saturated heterocycles. The van der Waals surface area contributed by atoms with Crippen molar-refractivity contribution in [2.45, 2.75) is 46.3 Å². The molecule has 3 heterocycles. The van der Waals surface area contributed by atoms with Crippen LogP contribution in [0.3, 0.4) is 0 Å². The number of aromatic nitrogens is 3. The molecule has 0 aliphatic carbocycles. The molecule has 0 atom stereocenters. The number of methoxy groups -OCH3 is 1. The number of ether oxygens (including phenoxy) is 1. The third-order valence-electron chi connectivity index (χ3n) is 5.94. The molecule has 3 aromatic rings. The molecule has 0 bridgehead atoms. The molecule has 2 aromatic heterocycles. The molecular formula is C24H30F3N7O4S. The maximum absolute atomic E-state index is 14.0. The number of hydrazone groups is 1. The van der Waals surface area contributed by atoms with Crippen LogP contribution >= 0.6 is 0 Å². The Labute approximate surface area is 224 Å². The van der Waals surface area contributed by atoms with E-state index in [0.29, 0.717) is 33.5 Å². The molecule has 0 fully saturated rings.